The Bertz CT molecular complexity index is 930. The highest BCUT2D eigenvalue weighted by Crippen LogP contribution is 2.39. The number of nitrogens with zero attached hydrogens (tertiary/aromatic N) is 1. The van der Waals surface area contributed by atoms with Gasteiger partial charge < -0.3 is 24.8 Å². The van der Waals surface area contributed by atoms with Gasteiger partial charge in [-0.3, -0.25) is 19.2 Å². The summed E-state index contributed by atoms with van der Waals surface area (Å²) in [5.41, 5.74) is 0.647. The molecule has 168 valence electrons. The predicted molar refractivity (Wildman–Crippen MR) is 110 cm³/mol. The number of rotatable bonds is 8. The number of benzene rings is 1. The molecule has 0 fully saturated rings. The third kappa shape index (κ3) is 5.13. The van der Waals surface area contributed by atoms with Crippen molar-refractivity contribution in [2.75, 3.05) is 22.6 Å². The van der Waals surface area contributed by atoms with Crippen molar-refractivity contribution in [3.8, 4) is 0 Å². The minimum absolute atomic E-state index is 0.0263. The largest absolute Gasteiger partial charge is 0.478 e. The van der Waals surface area contributed by atoms with Crippen molar-refractivity contribution < 1.29 is 38.6 Å². The summed E-state index contributed by atoms with van der Waals surface area (Å²) < 4.78 is 9.67. The lowest BCUT2D eigenvalue weighted by atomic mass is 9.86. The van der Waals surface area contributed by atoms with Crippen LogP contribution in [0.2, 0.25) is 0 Å². The first-order chi connectivity index (χ1) is 14.4. The van der Waals surface area contributed by atoms with Gasteiger partial charge in [-0.25, -0.2) is 4.79 Å². The van der Waals surface area contributed by atoms with Crippen LogP contribution in [0.5, 0.6) is 0 Å². The van der Waals surface area contributed by atoms with Gasteiger partial charge in [0.2, 0.25) is 18.1 Å². The Morgan fingerprint density at radius 3 is 2.23 bits per heavy atom. The molecule has 0 unspecified atom stereocenters. The molecule has 1 aromatic rings. The molecular weight excluding hydrogens is 432 g/mol. The first-order valence-electron chi connectivity index (χ1n) is 9.30. The van der Waals surface area contributed by atoms with Gasteiger partial charge >= 0.3 is 17.9 Å². The molecule has 11 heteroatoms. The lowest BCUT2D eigenvalue weighted by Crippen LogP contribution is -2.52. The Hall–Kier alpha value is -3.14. The average molecular weight is 455 g/mol. The molecule has 0 aliphatic carbocycles. The molecule has 2 atom stereocenters. The molecule has 2 rings (SSSR count). The number of hydrogen-bond donors (Lipinski definition) is 2. The number of carboxylic acid groups (broad SMARTS) is 1. The number of carboxylic acids is 1. The van der Waals surface area contributed by atoms with Gasteiger partial charge in [0.25, 0.3) is 5.91 Å². The van der Waals surface area contributed by atoms with E-state index in [9.17, 15) is 29.1 Å². The molecule has 1 aromatic carbocycles. The highest BCUT2D eigenvalue weighted by Gasteiger charge is 2.43. The van der Waals surface area contributed by atoms with Crippen LogP contribution in [0.4, 0.5) is 11.4 Å². The van der Waals surface area contributed by atoms with Crippen LogP contribution in [-0.2, 0) is 38.9 Å². The summed E-state index contributed by atoms with van der Waals surface area (Å²) in [6.45, 7) is 5.33. The van der Waals surface area contributed by atoms with Crippen molar-refractivity contribution in [3.05, 3.63) is 23.8 Å². The monoisotopic (exact) mass is 454 g/mol. The van der Waals surface area contributed by atoms with Crippen LogP contribution in [0, 0.1) is 0 Å². The first-order valence-corrected chi connectivity index (χ1v) is 9.84. The third-order valence-corrected chi connectivity index (χ3v) is 4.89. The Kier molecular flexibility index (Phi) is 7.27. The number of amides is 2. The van der Waals surface area contributed by atoms with E-state index in [1.165, 1.54) is 6.07 Å². The van der Waals surface area contributed by atoms with E-state index < -0.39 is 41.4 Å². The molecule has 0 radical (unpaired) electrons. The number of anilines is 2. The molecule has 1 aliphatic rings. The van der Waals surface area contributed by atoms with Crippen LogP contribution in [0.1, 0.15) is 33.3 Å². The molecular formula is C20H23ClN2O8. The van der Waals surface area contributed by atoms with E-state index in [0.29, 0.717) is 16.9 Å². The molecule has 0 spiro atoms. The lowest BCUT2D eigenvalue weighted by molar-refractivity contribution is -0.180. The van der Waals surface area contributed by atoms with E-state index in [4.69, 9.17) is 21.1 Å². The van der Waals surface area contributed by atoms with Crippen LogP contribution >= 0.6 is 11.6 Å². The van der Waals surface area contributed by atoms with Crippen molar-refractivity contribution in [3.63, 3.8) is 0 Å². The van der Waals surface area contributed by atoms with E-state index in [2.05, 4.69) is 5.32 Å². The van der Waals surface area contributed by atoms with E-state index in [0.717, 1.165) is 18.7 Å². The quantitative estimate of drug-likeness (QED) is 0.444. The van der Waals surface area contributed by atoms with Gasteiger partial charge in [0.1, 0.15) is 0 Å². The predicted octanol–water partition coefficient (Wildman–Crippen LogP) is 1.44. The summed E-state index contributed by atoms with van der Waals surface area (Å²) in [7, 11) is 0. The number of alkyl halides is 1. The molecule has 0 saturated carbocycles. The van der Waals surface area contributed by atoms with Crippen molar-refractivity contribution >= 4 is 52.7 Å². The second kappa shape index (κ2) is 9.34. The topological polar surface area (TPSA) is 139 Å². The van der Waals surface area contributed by atoms with Crippen LogP contribution in [0.25, 0.3) is 0 Å². The van der Waals surface area contributed by atoms with Gasteiger partial charge in [0.05, 0.1) is 5.41 Å². The van der Waals surface area contributed by atoms with Gasteiger partial charge in [-0.15, -0.1) is 11.6 Å². The van der Waals surface area contributed by atoms with E-state index in [1.54, 1.807) is 26.0 Å². The molecule has 1 heterocycles. The van der Waals surface area contributed by atoms with Gasteiger partial charge in [-0.1, -0.05) is 0 Å². The Labute approximate surface area is 183 Å². The maximum Gasteiger partial charge on any atom is 0.349 e. The van der Waals surface area contributed by atoms with E-state index >= 15 is 0 Å². The minimum atomic E-state index is -2.05. The number of ether oxygens (including phenoxy) is 2. The van der Waals surface area contributed by atoms with E-state index in [1.807, 2.05) is 0 Å². The van der Waals surface area contributed by atoms with E-state index in [-0.39, 0.29) is 18.3 Å². The molecule has 1 aliphatic heterocycles. The maximum absolute atomic E-state index is 13.3. The SMILES string of the molecule is CC(=O)O[C@@H](C(=O)O)[C@@H](OC(C)=O)C(=O)N(CCCl)c1ccc2c(c1)C(C)(C)C(=O)N2. The van der Waals surface area contributed by atoms with Crippen LogP contribution in [-0.4, -0.2) is 59.5 Å². The Morgan fingerprint density at radius 1 is 1.13 bits per heavy atom. The number of halogens is 1. The standard InChI is InChI=1S/C20H23ClN2O8/c1-10(24)30-15(16(18(27)28)31-11(2)25)17(26)23(8-7-21)12-5-6-14-13(9-12)20(3,4)19(29)22-14/h5-6,9,15-16H,7-8H2,1-4H3,(H,22,29)(H,27,28)/t15-,16-/m1/s1. The van der Waals surface area contributed by atoms with Gasteiger partial charge in [-0.05, 0) is 37.6 Å². The summed E-state index contributed by atoms with van der Waals surface area (Å²) in [4.78, 5) is 61.2. The maximum atomic E-state index is 13.3. The van der Waals surface area contributed by atoms with Gasteiger partial charge in [0.15, 0.2) is 0 Å². The van der Waals surface area contributed by atoms with Crippen LogP contribution < -0.4 is 10.2 Å². The number of fused-ring (bicyclic) bond motifs is 1. The van der Waals surface area contributed by atoms with Gasteiger partial charge in [-0.2, -0.15) is 0 Å². The number of carbonyl (C=O) groups excluding carboxylic acids is 4. The molecule has 2 N–H and O–H groups in total. The van der Waals surface area contributed by atoms with Crippen molar-refractivity contribution in [1.29, 1.82) is 0 Å². The molecule has 0 aromatic heterocycles. The molecule has 2 amide bonds. The zero-order valence-corrected chi connectivity index (χ0v) is 18.2. The number of esters is 2. The number of aliphatic carboxylic acids is 1. The fourth-order valence-corrected chi connectivity index (χ4v) is 3.34. The average Bonchev–Trinajstić information content (AvgIpc) is 2.90. The summed E-state index contributed by atoms with van der Waals surface area (Å²) in [5, 5.41) is 12.2. The smallest absolute Gasteiger partial charge is 0.349 e. The van der Waals surface area contributed by atoms with Gasteiger partial charge in [0, 0.05) is 37.6 Å². The summed E-state index contributed by atoms with van der Waals surface area (Å²) >= 11 is 5.85. The normalized spacial score (nSPS) is 15.8. The zero-order chi connectivity index (χ0) is 23.5. The fourth-order valence-electron chi connectivity index (χ4n) is 3.17. The second-order valence-corrected chi connectivity index (χ2v) is 7.76. The van der Waals surface area contributed by atoms with Crippen molar-refractivity contribution in [1.82, 2.24) is 0 Å². The Morgan fingerprint density at radius 2 is 1.71 bits per heavy atom. The second-order valence-electron chi connectivity index (χ2n) is 7.39. The highest BCUT2D eigenvalue weighted by atomic mass is 35.5. The van der Waals surface area contributed by atoms with Crippen molar-refractivity contribution in [2.45, 2.75) is 45.3 Å². The fraction of sp³-hybridized carbons (Fsp3) is 0.450. The summed E-state index contributed by atoms with van der Waals surface area (Å²) in [6, 6.07) is 4.74. The first kappa shape index (κ1) is 24.1. The minimum Gasteiger partial charge on any atom is -0.478 e. The molecule has 0 saturated heterocycles. The van der Waals surface area contributed by atoms with Crippen molar-refractivity contribution in [2.24, 2.45) is 0 Å². The summed E-state index contributed by atoms with van der Waals surface area (Å²) in [5.74, 6) is -4.75. The van der Waals surface area contributed by atoms with Crippen LogP contribution in [0.15, 0.2) is 18.2 Å². The summed E-state index contributed by atoms with van der Waals surface area (Å²) in [6.07, 6.45) is -4.00. The molecule has 10 nitrogen and oxygen atoms in total. The zero-order valence-electron chi connectivity index (χ0n) is 17.4. The Balaban J connectivity index is 2.51. The third-order valence-electron chi connectivity index (χ3n) is 4.73. The number of nitrogens with one attached hydrogen (secondary N) is 1. The van der Waals surface area contributed by atoms with Crippen LogP contribution in [0.3, 0.4) is 0 Å². The lowest BCUT2D eigenvalue weighted by Gasteiger charge is -2.29. The number of carbonyl (C=O) groups is 5. The molecule has 0 bridgehead atoms. The molecule has 31 heavy (non-hydrogen) atoms. The highest BCUT2D eigenvalue weighted by molar-refractivity contribution is 6.18. The number of hydrogen-bond acceptors (Lipinski definition) is 7.